The molecule has 0 amide bonds. The predicted molar refractivity (Wildman–Crippen MR) is 76.7 cm³/mol. The molecule has 0 aliphatic carbocycles. The Morgan fingerprint density at radius 3 is 2.50 bits per heavy atom. The molecule has 0 saturated heterocycles. The first-order valence-corrected chi connectivity index (χ1v) is 6.53. The van der Waals surface area contributed by atoms with E-state index in [1.165, 1.54) is 7.11 Å². The molecule has 112 valence electrons. The van der Waals surface area contributed by atoms with Crippen molar-refractivity contribution in [2.45, 2.75) is 32.5 Å². The summed E-state index contributed by atoms with van der Waals surface area (Å²) in [5, 5.41) is 3.20. The number of hydrogen-bond acceptors (Lipinski definition) is 5. The van der Waals surface area contributed by atoms with Gasteiger partial charge in [-0.2, -0.15) is 0 Å². The Balaban J connectivity index is 2.85. The molecule has 0 aliphatic heterocycles. The van der Waals surface area contributed by atoms with Gasteiger partial charge in [-0.1, -0.05) is 6.07 Å². The van der Waals surface area contributed by atoms with Crippen LogP contribution in [0.15, 0.2) is 18.2 Å². The summed E-state index contributed by atoms with van der Waals surface area (Å²) in [5.41, 5.74) is 2.04. The maximum absolute atomic E-state index is 11.4. The van der Waals surface area contributed by atoms with Gasteiger partial charge >= 0.3 is 5.97 Å². The zero-order chi connectivity index (χ0) is 15.1. The molecule has 5 nitrogen and oxygen atoms in total. The van der Waals surface area contributed by atoms with E-state index in [-0.39, 0.29) is 18.1 Å². The first-order valence-electron chi connectivity index (χ1n) is 6.53. The quantitative estimate of drug-likeness (QED) is 0.775. The van der Waals surface area contributed by atoms with Crippen LogP contribution in [0.4, 0.5) is 0 Å². The molecule has 1 unspecified atom stereocenters. The fourth-order valence-electron chi connectivity index (χ4n) is 2.05. The molecule has 0 fully saturated rings. The van der Waals surface area contributed by atoms with Crippen molar-refractivity contribution in [2.24, 2.45) is 0 Å². The van der Waals surface area contributed by atoms with Crippen molar-refractivity contribution in [3.05, 3.63) is 29.3 Å². The number of rotatable bonds is 7. The second kappa shape index (κ2) is 7.87. The molecule has 5 heteroatoms. The van der Waals surface area contributed by atoms with Gasteiger partial charge < -0.3 is 14.2 Å². The zero-order valence-corrected chi connectivity index (χ0v) is 12.7. The second-order valence-electron chi connectivity index (χ2n) is 4.64. The number of carbonyl (C=O) groups is 1. The van der Waals surface area contributed by atoms with E-state index in [0.29, 0.717) is 6.61 Å². The SMILES string of the molecule is COCc1cc(C(C)N[C@@H](C)C(=O)OC)ccc1OC. The van der Waals surface area contributed by atoms with E-state index >= 15 is 0 Å². The van der Waals surface area contributed by atoms with Crippen molar-refractivity contribution in [3.8, 4) is 5.75 Å². The average Bonchev–Trinajstić information content (AvgIpc) is 2.46. The van der Waals surface area contributed by atoms with E-state index in [0.717, 1.165) is 16.9 Å². The standard InChI is InChI=1S/C15H23NO4/c1-10(16-11(2)15(17)20-5)12-6-7-14(19-4)13(8-12)9-18-3/h6-8,10-11,16H,9H2,1-5H3/t10?,11-/m0/s1. The van der Waals surface area contributed by atoms with Gasteiger partial charge in [-0.25, -0.2) is 0 Å². The Kier molecular flexibility index (Phi) is 6.48. The number of carbonyl (C=O) groups excluding carboxylic acids is 1. The van der Waals surface area contributed by atoms with Crippen molar-refractivity contribution in [3.63, 3.8) is 0 Å². The number of benzene rings is 1. The van der Waals surface area contributed by atoms with E-state index in [2.05, 4.69) is 5.32 Å². The van der Waals surface area contributed by atoms with Crippen molar-refractivity contribution < 1.29 is 19.0 Å². The van der Waals surface area contributed by atoms with Gasteiger partial charge in [-0.3, -0.25) is 10.1 Å². The van der Waals surface area contributed by atoms with Crippen LogP contribution >= 0.6 is 0 Å². The van der Waals surface area contributed by atoms with Crippen LogP contribution < -0.4 is 10.1 Å². The third kappa shape index (κ3) is 4.21. The first kappa shape index (κ1) is 16.5. The highest BCUT2D eigenvalue weighted by atomic mass is 16.5. The van der Waals surface area contributed by atoms with E-state index in [1.54, 1.807) is 21.1 Å². The van der Waals surface area contributed by atoms with E-state index in [1.807, 2.05) is 25.1 Å². The summed E-state index contributed by atoms with van der Waals surface area (Å²) < 4.78 is 15.2. The van der Waals surface area contributed by atoms with Crippen LogP contribution in [0, 0.1) is 0 Å². The van der Waals surface area contributed by atoms with Gasteiger partial charge in [-0.15, -0.1) is 0 Å². The molecule has 0 aromatic heterocycles. The Morgan fingerprint density at radius 2 is 1.95 bits per heavy atom. The van der Waals surface area contributed by atoms with Crippen LogP contribution in [0.1, 0.15) is 31.0 Å². The van der Waals surface area contributed by atoms with Crippen LogP contribution in [0.3, 0.4) is 0 Å². The predicted octanol–water partition coefficient (Wildman–Crippen LogP) is 2.05. The lowest BCUT2D eigenvalue weighted by Crippen LogP contribution is -2.36. The molecular weight excluding hydrogens is 258 g/mol. The van der Waals surface area contributed by atoms with Crippen molar-refractivity contribution in [1.29, 1.82) is 0 Å². The molecule has 0 radical (unpaired) electrons. The maximum Gasteiger partial charge on any atom is 0.322 e. The fraction of sp³-hybridized carbons (Fsp3) is 0.533. The van der Waals surface area contributed by atoms with E-state index < -0.39 is 0 Å². The lowest BCUT2D eigenvalue weighted by atomic mass is 10.0. The topological polar surface area (TPSA) is 56.8 Å². The summed E-state index contributed by atoms with van der Waals surface area (Å²) in [6.45, 7) is 4.26. The lowest BCUT2D eigenvalue weighted by molar-refractivity contribution is -0.142. The number of ether oxygens (including phenoxy) is 3. The first-order chi connectivity index (χ1) is 9.53. The molecule has 2 atom stereocenters. The molecule has 1 aromatic rings. The van der Waals surface area contributed by atoms with Gasteiger partial charge in [0.05, 0.1) is 20.8 Å². The van der Waals surface area contributed by atoms with Gasteiger partial charge in [-0.05, 0) is 31.5 Å². The highest BCUT2D eigenvalue weighted by Crippen LogP contribution is 2.24. The Hall–Kier alpha value is -1.59. The summed E-state index contributed by atoms with van der Waals surface area (Å²) in [4.78, 5) is 11.4. The Bertz CT molecular complexity index is 447. The second-order valence-corrected chi connectivity index (χ2v) is 4.64. The van der Waals surface area contributed by atoms with Crippen LogP contribution in [0.5, 0.6) is 5.75 Å². The highest BCUT2D eigenvalue weighted by Gasteiger charge is 2.17. The summed E-state index contributed by atoms with van der Waals surface area (Å²) in [5.74, 6) is 0.520. The molecule has 0 saturated carbocycles. The largest absolute Gasteiger partial charge is 0.496 e. The number of esters is 1. The van der Waals surface area contributed by atoms with E-state index in [9.17, 15) is 4.79 Å². The molecule has 0 aliphatic rings. The third-order valence-corrected chi connectivity index (χ3v) is 3.16. The van der Waals surface area contributed by atoms with Gasteiger partial charge in [0, 0.05) is 18.7 Å². The molecule has 0 heterocycles. The number of nitrogens with one attached hydrogen (secondary N) is 1. The molecule has 1 aromatic carbocycles. The minimum atomic E-state index is -0.358. The normalized spacial score (nSPS) is 13.7. The van der Waals surface area contributed by atoms with Crippen molar-refractivity contribution in [1.82, 2.24) is 5.32 Å². The molecule has 0 bridgehead atoms. The van der Waals surface area contributed by atoms with Gasteiger partial charge in [0.2, 0.25) is 0 Å². The van der Waals surface area contributed by atoms with Crippen LogP contribution in [-0.4, -0.2) is 33.3 Å². The number of methoxy groups -OCH3 is 3. The van der Waals surface area contributed by atoms with Crippen LogP contribution in [0.2, 0.25) is 0 Å². The lowest BCUT2D eigenvalue weighted by Gasteiger charge is -2.20. The Morgan fingerprint density at radius 1 is 1.25 bits per heavy atom. The molecule has 1 N–H and O–H groups in total. The van der Waals surface area contributed by atoms with E-state index in [4.69, 9.17) is 14.2 Å². The maximum atomic E-state index is 11.4. The van der Waals surface area contributed by atoms with Crippen molar-refractivity contribution in [2.75, 3.05) is 21.3 Å². The van der Waals surface area contributed by atoms with Gasteiger partial charge in [0.1, 0.15) is 11.8 Å². The summed E-state index contributed by atoms with van der Waals surface area (Å²) in [7, 11) is 4.66. The third-order valence-electron chi connectivity index (χ3n) is 3.16. The summed E-state index contributed by atoms with van der Waals surface area (Å²) in [6.07, 6.45) is 0. The molecule has 20 heavy (non-hydrogen) atoms. The minimum absolute atomic E-state index is 0.0191. The van der Waals surface area contributed by atoms with Crippen LogP contribution in [0.25, 0.3) is 0 Å². The smallest absolute Gasteiger partial charge is 0.322 e. The highest BCUT2D eigenvalue weighted by molar-refractivity contribution is 5.75. The Labute approximate surface area is 120 Å². The van der Waals surface area contributed by atoms with Crippen molar-refractivity contribution >= 4 is 5.97 Å². The summed E-state index contributed by atoms with van der Waals surface area (Å²) in [6, 6.07) is 5.56. The monoisotopic (exact) mass is 281 g/mol. The summed E-state index contributed by atoms with van der Waals surface area (Å²) >= 11 is 0. The number of hydrogen-bond donors (Lipinski definition) is 1. The average molecular weight is 281 g/mol. The van der Waals surface area contributed by atoms with Gasteiger partial charge in [0.15, 0.2) is 0 Å². The molecule has 1 rings (SSSR count). The van der Waals surface area contributed by atoms with Gasteiger partial charge in [0.25, 0.3) is 0 Å². The van der Waals surface area contributed by atoms with Crippen LogP contribution in [-0.2, 0) is 20.9 Å². The molecule has 0 spiro atoms. The fourth-order valence-corrected chi connectivity index (χ4v) is 2.05. The minimum Gasteiger partial charge on any atom is -0.496 e. The zero-order valence-electron chi connectivity index (χ0n) is 12.7. The molecular formula is C15H23NO4.